The Labute approximate surface area is 127 Å². The van der Waals surface area contributed by atoms with Crippen LogP contribution in [0.3, 0.4) is 0 Å². The summed E-state index contributed by atoms with van der Waals surface area (Å²) in [5, 5.41) is 12.3. The first-order valence-electron chi connectivity index (χ1n) is 6.71. The molecule has 0 aromatic heterocycles. The molecule has 1 aliphatic heterocycles. The molecule has 2 aromatic rings. The van der Waals surface area contributed by atoms with Crippen LogP contribution in [0.1, 0.15) is 15.9 Å². The average molecular weight is 301 g/mol. The third-order valence-corrected chi connectivity index (χ3v) is 3.33. The van der Waals surface area contributed by atoms with Crippen molar-refractivity contribution in [3.8, 4) is 23.0 Å². The quantitative estimate of drug-likeness (QED) is 0.904. The lowest BCUT2D eigenvalue weighted by Crippen LogP contribution is -2.22. The van der Waals surface area contributed by atoms with Crippen LogP contribution < -0.4 is 19.5 Å². The molecule has 0 unspecified atom stereocenters. The van der Waals surface area contributed by atoms with Gasteiger partial charge in [-0.1, -0.05) is 6.07 Å². The van der Waals surface area contributed by atoms with Gasteiger partial charge >= 0.3 is 0 Å². The molecule has 0 radical (unpaired) electrons. The minimum absolute atomic E-state index is 0.00480. The standard InChI is InChI=1S/C16H15NO5/c1-20-14-7-11(3-4-12(14)18)16(19)17-8-10-2-5-13-15(6-10)22-9-21-13/h2-7,18H,8-9H2,1H3,(H,17,19). The van der Waals surface area contributed by atoms with Crippen LogP contribution in [0.2, 0.25) is 0 Å². The summed E-state index contributed by atoms with van der Waals surface area (Å²) in [5.74, 6) is 1.39. The van der Waals surface area contributed by atoms with E-state index in [1.165, 1.54) is 25.3 Å². The number of carbonyl (C=O) groups is 1. The van der Waals surface area contributed by atoms with Gasteiger partial charge in [0.1, 0.15) is 0 Å². The van der Waals surface area contributed by atoms with Crippen LogP contribution in [-0.4, -0.2) is 24.9 Å². The smallest absolute Gasteiger partial charge is 0.251 e. The molecular weight excluding hydrogens is 286 g/mol. The molecule has 0 saturated heterocycles. The zero-order valence-electron chi connectivity index (χ0n) is 12.0. The average Bonchev–Trinajstić information content (AvgIpc) is 3.00. The van der Waals surface area contributed by atoms with E-state index in [4.69, 9.17) is 14.2 Å². The Bertz CT molecular complexity index is 714. The molecule has 0 fully saturated rings. The minimum atomic E-state index is -0.254. The van der Waals surface area contributed by atoms with Gasteiger partial charge in [-0.15, -0.1) is 0 Å². The lowest BCUT2D eigenvalue weighted by atomic mass is 10.1. The summed E-state index contributed by atoms with van der Waals surface area (Å²) in [6.45, 7) is 0.580. The summed E-state index contributed by atoms with van der Waals surface area (Å²) in [4.78, 5) is 12.1. The van der Waals surface area contributed by atoms with Crippen LogP contribution in [0.4, 0.5) is 0 Å². The number of phenols is 1. The number of rotatable bonds is 4. The van der Waals surface area contributed by atoms with Gasteiger partial charge in [-0.2, -0.15) is 0 Å². The molecule has 6 nitrogen and oxygen atoms in total. The summed E-state index contributed by atoms with van der Waals surface area (Å²) >= 11 is 0. The van der Waals surface area contributed by atoms with E-state index in [0.29, 0.717) is 23.6 Å². The Morgan fingerprint density at radius 2 is 2.05 bits per heavy atom. The Hall–Kier alpha value is -2.89. The highest BCUT2D eigenvalue weighted by Gasteiger charge is 2.14. The number of hydrogen-bond donors (Lipinski definition) is 2. The van der Waals surface area contributed by atoms with E-state index < -0.39 is 0 Å². The van der Waals surface area contributed by atoms with Crippen LogP contribution in [0.15, 0.2) is 36.4 Å². The second-order valence-corrected chi connectivity index (χ2v) is 4.76. The zero-order valence-corrected chi connectivity index (χ0v) is 12.0. The normalized spacial score (nSPS) is 12.0. The maximum atomic E-state index is 12.1. The fourth-order valence-corrected chi connectivity index (χ4v) is 2.15. The Morgan fingerprint density at radius 1 is 1.23 bits per heavy atom. The van der Waals surface area contributed by atoms with Gasteiger partial charge in [0.05, 0.1) is 7.11 Å². The maximum absolute atomic E-state index is 12.1. The van der Waals surface area contributed by atoms with E-state index in [0.717, 1.165) is 5.56 Å². The highest BCUT2D eigenvalue weighted by Crippen LogP contribution is 2.32. The summed E-state index contributed by atoms with van der Waals surface area (Å²) in [7, 11) is 1.43. The first-order valence-corrected chi connectivity index (χ1v) is 6.71. The van der Waals surface area contributed by atoms with Crippen molar-refractivity contribution in [2.75, 3.05) is 13.9 Å². The largest absolute Gasteiger partial charge is 0.504 e. The van der Waals surface area contributed by atoms with E-state index in [1.54, 1.807) is 0 Å². The predicted octanol–water partition coefficient (Wildman–Crippen LogP) is 2.06. The molecule has 0 bridgehead atoms. The van der Waals surface area contributed by atoms with Gasteiger partial charge in [-0.05, 0) is 35.9 Å². The summed E-state index contributed by atoms with van der Waals surface area (Å²) in [6, 6.07) is 9.96. The number of methoxy groups -OCH3 is 1. The third kappa shape index (κ3) is 2.76. The number of amides is 1. The van der Waals surface area contributed by atoms with Gasteiger partial charge in [0.25, 0.3) is 5.91 Å². The number of phenolic OH excluding ortho intramolecular Hbond substituents is 1. The second kappa shape index (κ2) is 5.85. The summed E-state index contributed by atoms with van der Waals surface area (Å²) in [5.41, 5.74) is 1.32. The fourth-order valence-electron chi connectivity index (χ4n) is 2.15. The van der Waals surface area contributed by atoms with Crippen molar-refractivity contribution in [2.45, 2.75) is 6.54 Å². The first kappa shape index (κ1) is 14.1. The molecule has 2 aromatic carbocycles. The minimum Gasteiger partial charge on any atom is -0.504 e. The second-order valence-electron chi connectivity index (χ2n) is 4.76. The molecule has 0 aliphatic carbocycles. The molecule has 114 valence electrons. The van der Waals surface area contributed by atoms with Crippen LogP contribution in [0.5, 0.6) is 23.0 Å². The number of benzene rings is 2. The number of nitrogens with one attached hydrogen (secondary N) is 1. The molecule has 22 heavy (non-hydrogen) atoms. The van der Waals surface area contributed by atoms with Crippen LogP contribution in [0.25, 0.3) is 0 Å². The number of aromatic hydroxyl groups is 1. The molecule has 2 N–H and O–H groups in total. The third-order valence-electron chi connectivity index (χ3n) is 3.33. The molecule has 0 saturated carbocycles. The lowest BCUT2D eigenvalue weighted by Gasteiger charge is -2.08. The van der Waals surface area contributed by atoms with Crippen LogP contribution in [0, 0.1) is 0 Å². The van der Waals surface area contributed by atoms with Gasteiger partial charge in [0.15, 0.2) is 23.0 Å². The SMILES string of the molecule is COc1cc(C(=O)NCc2ccc3c(c2)OCO3)ccc1O. The number of fused-ring (bicyclic) bond motifs is 1. The first-order chi connectivity index (χ1) is 10.7. The van der Waals surface area contributed by atoms with E-state index >= 15 is 0 Å². The number of hydrogen-bond acceptors (Lipinski definition) is 5. The summed E-state index contributed by atoms with van der Waals surface area (Å²) in [6.07, 6.45) is 0. The van der Waals surface area contributed by atoms with Crippen molar-refractivity contribution in [3.05, 3.63) is 47.5 Å². The van der Waals surface area contributed by atoms with Crippen molar-refractivity contribution < 1.29 is 24.1 Å². The molecule has 6 heteroatoms. The van der Waals surface area contributed by atoms with Crippen LogP contribution >= 0.6 is 0 Å². The predicted molar refractivity (Wildman–Crippen MR) is 78.4 cm³/mol. The van der Waals surface area contributed by atoms with Crippen molar-refractivity contribution in [3.63, 3.8) is 0 Å². The Balaban J connectivity index is 1.67. The zero-order chi connectivity index (χ0) is 15.5. The molecule has 0 spiro atoms. The van der Waals surface area contributed by atoms with Gasteiger partial charge in [-0.25, -0.2) is 0 Å². The topological polar surface area (TPSA) is 77.0 Å². The Kier molecular flexibility index (Phi) is 3.74. The molecule has 1 heterocycles. The van der Waals surface area contributed by atoms with Gasteiger partial charge in [-0.3, -0.25) is 4.79 Å². The van der Waals surface area contributed by atoms with Crippen molar-refractivity contribution in [1.82, 2.24) is 5.32 Å². The van der Waals surface area contributed by atoms with Gasteiger partial charge < -0.3 is 24.6 Å². The van der Waals surface area contributed by atoms with Crippen molar-refractivity contribution in [1.29, 1.82) is 0 Å². The van der Waals surface area contributed by atoms with Crippen molar-refractivity contribution in [2.24, 2.45) is 0 Å². The van der Waals surface area contributed by atoms with E-state index in [9.17, 15) is 9.90 Å². The maximum Gasteiger partial charge on any atom is 0.251 e. The highest BCUT2D eigenvalue weighted by atomic mass is 16.7. The van der Waals surface area contributed by atoms with Crippen LogP contribution in [-0.2, 0) is 6.54 Å². The van der Waals surface area contributed by atoms with Gasteiger partial charge in [0.2, 0.25) is 6.79 Å². The number of ether oxygens (including phenoxy) is 3. The van der Waals surface area contributed by atoms with E-state index in [1.807, 2.05) is 18.2 Å². The molecule has 1 amide bonds. The monoisotopic (exact) mass is 301 g/mol. The molecule has 1 aliphatic rings. The highest BCUT2D eigenvalue weighted by molar-refractivity contribution is 5.94. The van der Waals surface area contributed by atoms with Crippen molar-refractivity contribution >= 4 is 5.91 Å². The summed E-state index contributed by atoms with van der Waals surface area (Å²) < 4.78 is 15.5. The van der Waals surface area contributed by atoms with Gasteiger partial charge in [0, 0.05) is 12.1 Å². The molecular formula is C16H15NO5. The van der Waals surface area contributed by atoms with E-state index in [-0.39, 0.29) is 24.2 Å². The number of carbonyl (C=O) groups excluding carboxylic acids is 1. The van der Waals surface area contributed by atoms with E-state index in [2.05, 4.69) is 5.32 Å². The fraction of sp³-hybridized carbons (Fsp3) is 0.188. The molecule has 0 atom stereocenters. The Morgan fingerprint density at radius 3 is 2.86 bits per heavy atom. The lowest BCUT2D eigenvalue weighted by molar-refractivity contribution is 0.0950. The molecule has 3 rings (SSSR count).